The summed E-state index contributed by atoms with van der Waals surface area (Å²) in [6, 6.07) is 13.8. The zero-order valence-corrected chi connectivity index (χ0v) is 11.3. The lowest BCUT2D eigenvalue weighted by molar-refractivity contribution is -0.385. The first-order valence-corrected chi connectivity index (χ1v) is 6.44. The van der Waals surface area contributed by atoms with Gasteiger partial charge in [0.1, 0.15) is 0 Å². The van der Waals surface area contributed by atoms with Gasteiger partial charge in [-0.3, -0.25) is 19.5 Å². The lowest BCUT2D eigenvalue weighted by atomic mass is 10.1. The Labute approximate surface area is 120 Å². The fraction of sp³-hybridized carbons (Fsp3) is 0.0625. The highest BCUT2D eigenvalue weighted by atomic mass is 16.6. The molecule has 2 aromatic carbocycles. The molecule has 0 aliphatic heterocycles. The highest BCUT2D eigenvalue weighted by molar-refractivity contribution is 6.02. The third kappa shape index (κ3) is 2.18. The number of rotatable bonds is 2. The average molecular weight is 280 g/mol. The second kappa shape index (κ2) is 4.86. The maximum absolute atomic E-state index is 12.5. The second-order valence-electron chi connectivity index (χ2n) is 4.81. The van der Waals surface area contributed by atoms with Crippen LogP contribution in [0.15, 0.2) is 54.7 Å². The predicted molar refractivity (Wildman–Crippen MR) is 79.5 cm³/mol. The number of hydrogen-bond acceptors (Lipinski definition) is 3. The van der Waals surface area contributed by atoms with Crippen LogP contribution in [0.2, 0.25) is 0 Å². The lowest BCUT2D eigenvalue weighted by Gasteiger charge is -2.05. The molecule has 0 fully saturated rings. The largest absolute Gasteiger partial charge is 0.283 e. The molecule has 0 amide bonds. The van der Waals surface area contributed by atoms with Crippen LogP contribution in [-0.4, -0.2) is 15.4 Å². The molecule has 0 unspecified atom stereocenters. The van der Waals surface area contributed by atoms with Crippen LogP contribution < -0.4 is 0 Å². The number of carbonyl (C=O) groups is 1. The van der Waals surface area contributed by atoms with Crippen LogP contribution in [-0.2, 0) is 0 Å². The fourth-order valence-corrected chi connectivity index (χ4v) is 2.38. The van der Waals surface area contributed by atoms with Crippen LogP contribution in [0.1, 0.15) is 15.9 Å². The number of hydrogen-bond donors (Lipinski definition) is 0. The highest BCUT2D eigenvalue weighted by Gasteiger charge is 2.17. The number of nitrogens with zero attached hydrogens (tertiary/aromatic N) is 2. The van der Waals surface area contributed by atoms with E-state index in [0.717, 1.165) is 5.39 Å². The van der Waals surface area contributed by atoms with Gasteiger partial charge in [0, 0.05) is 28.8 Å². The Kier molecular flexibility index (Phi) is 3.02. The number of aryl methyl sites for hydroxylation is 1. The standard InChI is InChI=1S/C16H12N2O3/c1-11-9-13-7-8-17(15(13)10-14(11)18(20)21)16(19)12-5-3-2-4-6-12/h2-10H,1H3. The first kappa shape index (κ1) is 13.1. The molecule has 5 heteroatoms. The summed E-state index contributed by atoms with van der Waals surface area (Å²) in [4.78, 5) is 23.1. The van der Waals surface area contributed by atoms with Crippen LogP contribution >= 0.6 is 0 Å². The Balaban J connectivity index is 2.18. The predicted octanol–water partition coefficient (Wildman–Crippen LogP) is 3.55. The van der Waals surface area contributed by atoms with Crippen LogP contribution in [0.5, 0.6) is 0 Å². The number of aromatic nitrogens is 1. The van der Waals surface area contributed by atoms with Gasteiger partial charge < -0.3 is 0 Å². The van der Waals surface area contributed by atoms with Gasteiger partial charge in [-0.2, -0.15) is 0 Å². The Morgan fingerprint density at radius 1 is 1.14 bits per heavy atom. The van der Waals surface area contributed by atoms with Crippen molar-refractivity contribution in [1.82, 2.24) is 4.57 Å². The van der Waals surface area contributed by atoms with Crippen molar-refractivity contribution in [3.05, 3.63) is 76.0 Å². The third-order valence-electron chi connectivity index (χ3n) is 3.44. The smallest absolute Gasteiger partial charge is 0.274 e. The normalized spacial score (nSPS) is 10.7. The quantitative estimate of drug-likeness (QED) is 0.532. The van der Waals surface area contributed by atoms with E-state index in [1.54, 1.807) is 49.5 Å². The summed E-state index contributed by atoms with van der Waals surface area (Å²) in [5.41, 5.74) is 1.68. The summed E-state index contributed by atoms with van der Waals surface area (Å²) >= 11 is 0. The van der Waals surface area contributed by atoms with E-state index in [1.165, 1.54) is 10.6 Å². The van der Waals surface area contributed by atoms with Gasteiger partial charge in [0.05, 0.1) is 10.4 Å². The Bertz CT molecular complexity index is 851. The van der Waals surface area contributed by atoms with Gasteiger partial charge in [-0.15, -0.1) is 0 Å². The Morgan fingerprint density at radius 2 is 1.86 bits per heavy atom. The van der Waals surface area contributed by atoms with Crippen LogP contribution in [0.25, 0.3) is 10.9 Å². The summed E-state index contributed by atoms with van der Waals surface area (Å²) in [5.74, 6) is -0.205. The third-order valence-corrected chi connectivity index (χ3v) is 3.44. The van der Waals surface area contributed by atoms with Gasteiger partial charge >= 0.3 is 0 Å². The molecule has 0 N–H and O–H groups in total. The van der Waals surface area contributed by atoms with E-state index < -0.39 is 4.92 Å². The maximum Gasteiger partial charge on any atom is 0.274 e. The van der Waals surface area contributed by atoms with Crippen molar-refractivity contribution in [3.63, 3.8) is 0 Å². The Hall–Kier alpha value is -2.95. The molecule has 3 rings (SSSR count). The van der Waals surface area contributed by atoms with Gasteiger partial charge in [-0.25, -0.2) is 0 Å². The number of nitro benzene ring substituents is 1. The van der Waals surface area contributed by atoms with E-state index in [4.69, 9.17) is 0 Å². The number of benzene rings is 2. The highest BCUT2D eigenvalue weighted by Crippen LogP contribution is 2.26. The molecule has 1 aromatic heterocycles. The van der Waals surface area contributed by atoms with E-state index in [0.29, 0.717) is 16.6 Å². The topological polar surface area (TPSA) is 65.1 Å². The molecule has 5 nitrogen and oxygen atoms in total. The first-order valence-electron chi connectivity index (χ1n) is 6.44. The lowest BCUT2D eigenvalue weighted by Crippen LogP contribution is -2.10. The van der Waals surface area contributed by atoms with E-state index in [1.807, 2.05) is 6.07 Å². The monoisotopic (exact) mass is 280 g/mol. The van der Waals surface area contributed by atoms with Crippen molar-refractivity contribution < 1.29 is 9.72 Å². The minimum absolute atomic E-state index is 0.0170. The summed E-state index contributed by atoms with van der Waals surface area (Å²) in [7, 11) is 0. The molecule has 0 aliphatic carbocycles. The van der Waals surface area contributed by atoms with Gasteiger partial charge in [-0.05, 0) is 31.2 Å². The minimum atomic E-state index is -0.431. The van der Waals surface area contributed by atoms with Crippen molar-refractivity contribution in [1.29, 1.82) is 0 Å². The molecule has 0 bridgehead atoms. The SMILES string of the molecule is Cc1cc2ccn(C(=O)c3ccccc3)c2cc1[N+](=O)[O-]. The zero-order chi connectivity index (χ0) is 15.0. The van der Waals surface area contributed by atoms with E-state index >= 15 is 0 Å². The van der Waals surface area contributed by atoms with E-state index in [9.17, 15) is 14.9 Å². The summed E-state index contributed by atoms with van der Waals surface area (Å²) in [5, 5.41) is 11.9. The molecular weight excluding hydrogens is 268 g/mol. The van der Waals surface area contributed by atoms with Crippen molar-refractivity contribution in [2.75, 3.05) is 0 Å². The molecule has 0 saturated heterocycles. The molecular formula is C16H12N2O3. The van der Waals surface area contributed by atoms with Crippen molar-refractivity contribution in [3.8, 4) is 0 Å². The van der Waals surface area contributed by atoms with Crippen LogP contribution in [0.3, 0.4) is 0 Å². The molecule has 0 spiro atoms. The molecule has 0 atom stereocenters. The van der Waals surface area contributed by atoms with Crippen molar-refractivity contribution in [2.24, 2.45) is 0 Å². The van der Waals surface area contributed by atoms with E-state index in [2.05, 4.69) is 0 Å². The van der Waals surface area contributed by atoms with Crippen molar-refractivity contribution in [2.45, 2.75) is 6.92 Å². The second-order valence-corrected chi connectivity index (χ2v) is 4.81. The summed E-state index contributed by atoms with van der Waals surface area (Å²) in [6.45, 7) is 1.69. The molecule has 1 heterocycles. The fourth-order valence-electron chi connectivity index (χ4n) is 2.38. The number of nitro groups is 1. The van der Waals surface area contributed by atoms with E-state index in [-0.39, 0.29) is 11.6 Å². The number of carbonyl (C=O) groups excluding carboxylic acids is 1. The van der Waals surface area contributed by atoms with Gasteiger partial charge in [0.25, 0.3) is 11.6 Å². The van der Waals surface area contributed by atoms with Gasteiger partial charge in [0.2, 0.25) is 0 Å². The Morgan fingerprint density at radius 3 is 2.52 bits per heavy atom. The first-order chi connectivity index (χ1) is 10.1. The molecule has 0 aliphatic rings. The average Bonchev–Trinajstić information content (AvgIpc) is 2.89. The molecule has 0 radical (unpaired) electrons. The zero-order valence-electron chi connectivity index (χ0n) is 11.3. The van der Waals surface area contributed by atoms with Gasteiger partial charge in [-0.1, -0.05) is 18.2 Å². The summed E-state index contributed by atoms with van der Waals surface area (Å²) < 4.78 is 1.44. The molecule has 104 valence electrons. The summed E-state index contributed by atoms with van der Waals surface area (Å²) in [6.07, 6.45) is 1.64. The molecule has 0 saturated carbocycles. The maximum atomic E-state index is 12.5. The number of fused-ring (bicyclic) bond motifs is 1. The van der Waals surface area contributed by atoms with Crippen LogP contribution in [0, 0.1) is 17.0 Å². The van der Waals surface area contributed by atoms with Crippen molar-refractivity contribution >= 4 is 22.5 Å². The van der Waals surface area contributed by atoms with Gasteiger partial charge in [0.15, 0.2) is 0 Å². The minimum Gasteiger partial charge on any atom is -0.283 e. The molecule has 21 heavy (non-hydrogen) atoms. The van der Waals surface area contributed by atoms with Crippen LogP contribution in [0.4, 0.5) is 5.69 Å². The molecule has 3 aromatic rings.